The lowest BCUT2D eigenvalue weighted by atomic mass is 10.0. The Labute approximate surface area is 252 Å². The highest BCUT2D eigenvalue weighted by molar-refractivity contribution is 7.99. The van der Waals surface area contributed by atoms with E-state index in [-0.39, 0.29) is 18.2 Å². The van der Waals surface area contributed by atoms with E-state index in [1.54, 1.807) is 20.3 Å². The van der Waals surface area contributed by atoms with E-state index in [1.807, 2.05) is 66.7 Å². The summed E-state index contributed by atoms with van der Waals surface area (Å²) in [6, 6.07) is 18.7. The number of esters is 1. The van der Waals surface area contributed by atoms with Crippen LogP contribution in [0, 0.1) is 5.82 Å². The molecule has 1 aliphatic carbocycles. The topological polar surface area (TPSA) is 77.9 Å². The average Bonchev–Trinajstić information content (AvgIpc) is 3.82. The normalized spacial score (nSPS) is 18.8. The van der Waals surface area contributed by atoms with Crippen LogP contribution in [-0.2, 0) is 9.53 Å². The van der Waals surface area contributed by atoms with E-state index in [9.17, 15) is 9.90 Å². The average molecular weight is 604 g/mol. The molecule has 2 fully saturated rings. The van der Waals surface area contributed by atoms with Crippen molar-refractivity contribution in [2.75, 3.05) is 14.2 Å². The molecule has 0 amide bonds. The molecule has 0 radical (unpaired) electrons. The molecule has 1 saturated carbocycles. The fourth-order valence-corrected chi connectivity index (χ4v) is 7.01. The number of ether oxygens (including phenoxy) is 3. The number of pyridine rings is 1. The van der Waals surface area contributed by atoms with Gasteiger partial charge in [-0.3, -0.25) is 9.78 Å². The first-order valence-electron chi connectivity index (χ1n) is 13.8. The Bertz CT molecular complexity index is 1670. The molecule has 4 aromatic rings. The van der Waals surface area contributed by atoms with Crippen molar-refractivity contribution in [2.45, 2.75) is 63.4 Å². The number of methoxy groups -OCH3 is 2. The molecule has 1 aliphatic heterocycles. The molecule has 2 heterocycles. The molecule has 0 spiro atoms. The number of nitrogens with zero attached hydrogens (tertiary/aromatic N) is 1. The molecule has 1 saturated heterocycles. The number of benzene rings is 3. The van der Waals surface area contributed by atoms with Crippen molar-refractivity contribution in [1.82, 2.24) is 4.98 Å². The van der Waals surface area contributed by atoms with Gasteiger partial charge in [-0.25, -0.2) is 4.39 Å². The predicted octanol–water partition coefficient (Wildman–Crippen LogP) is 7.65. The molecule has 2 atom stereocenters. The Morgan fingerprint density at radius 3 is 2.33 bits per heavy atom. The minimum Gasteiger partial charge on any atom is -0.497 e. The first-order chi connectivity index (χ1) is 20.4. The summed E-state index contributed by atoms with van der Waals surface area (Å²) in [5.41, 5.74) is 2.53. The fraction of sp³-hybridized carbons (Fsp3) is 0.273. The Hall–Kier alpha value is -3.53. The van der Waals surface area contributed by atoms with Crippen molar-refractivity contribution in [3.63, 3.8) is 0 Å². The summed E-state index contributed by atoms with van der Waals surface area (Å²) in [7, 11) is 3.24. The van der Waals surface area contributed by atoms with Crippen LogP contribution in [0.25, 0.3) is 17.0 Å². The van der Waals surface area contributed by atoms with Gasteiger partial charge in [0.1, 0.15) is 23.4 Å². The molecule has 6 rings (SSSR count). The first-order valence-corrected chi connectivity index (χ1v) is 15.4. The second-order valence-electron chi connectivity index (χ2n) is 10.4. The second-order valence-corrected chi connectivity index (χ2v) is 12.6. The molecule has 9 heteroatoms. The van der Waals surface area contributed by atoms with Gasteiger partial charge >= 0.3 is 5.97 Å². The number of cyclic esters (lactones) is 1. The van der Waals surface area contributed by atoms with Crippen LogP contribution in [0.4, 0.5) is 4.39 Å². The number of aromatic nitrogens is 1. The van der Waals surface area contributed by atoms with E-state index in [0.717, 1.165) is 44.5 Å². The number of hydrogen-bond acceptors (Lipinski definition) is 8. The number of carbonyl (C=O) groups excluding carboxylic acids is 1. The van der Waals surface area contributed by atoms with Crippen LogP contribution >= 0.6 is 23.5 Å². The van der Waals surface area contributed by atoms with Crippen LogP contribution in [0.2, 0.25) is 0 Å². The van der Waals surface area contributed by atoms with Crippen molar-refractivity contribution in [1.29, 1.82) is 0 Å². The second kappa shape index (κ2) is 12.4. The SMILES string of the molecule is COc1cccc(Sc2cc3nc(C4CC4)c(/C=C/[C@H]4CC(O)CC(=O)O4)c(Sc4cccc(OC)c4)c3cc2F)c1. The highest BCUT2D eigenvalue weighted by Crippen LogP contribution is 2.47. The largest absolute Gasteiger partial charge is 0.497 e. The first kappa shape index (κ1) is 28.6. The van der Waals surface area contributed by atoms with Crippen LogP contribution in [0.15, 0.2) is 86.3 Å². The van der Waals surface area contributed by atoms with Crippen molar-refractivity contribution in [3.05, 3.63) is 83.8 Å². The predicted molar refractivity (Wildman–Crippen MR) is 162 cm³/mol. The summed E-state index contributed by atoms with van der Waals surface area (Å²) in [5, 5.41) is 10.8. The Morgan fingerprint density at radius 1 is 1.00 bits per heavy atom. The van der Waals surface area contributed by atoms with Crippen molar-refractivity contribution < 1.29 is 28.5 Å². The summed E-state index contributed by atoms with van der Waals surface area (Å²) < 4.78 is 32.1. The molecule has 42 heavy (non-hydrogen) atoms. The number of fused-ring (bicyclic) bond motifs is 1. The maximum Gasteiger partial charge on any atom is 0.309 e. The minimum atomic E-state index is -0.737. The van der Waals surface area contributed by atoms with Crippen LogP contribution in [0.1, 0.15) is 42.9 Å². The Morgan fingerprint density at radius 2 is 1.69 bits per heavy atom. The lowest BCUT2D eigenvalue weighted by molar-refractivity contribution is -0.156. The molecule has 6 nitrogen and oxygen atoms in total. The molecule has 1 aromatic heterocycles. The summed E-state index contributed by atoms with van der Waals surface area (Å²) in [4.78, 5) is 20.2. The van der Waals surface area contributed by atoms with E-state index in [2.05, 4.69) is 0 Å². The zero-order valence-electron chi connectivity index (χ0n) is 23.2. The lowest BCUT2D eigenvalue weighted by Crippen LogP contribution is -2.31. The van der Waals surface area contributed by atoms with E-state index in [1.165, 1.54) is 23.5 Å². The number of rotatable bonds is 9. The van der Waals surface area contributed by atoms with Crippen molar-refractivity contribution in [2.24, 2.45) is 0 Å². The van der Waals surface area contributed by atoms with Gasteiger partial charge in [0.05, 0.1) is 42.9 Å². The van der Waals surface area contributed by atoms with Gasteiger partial charge in [0.15, 0.2) is 0 Å². The van der Waals surface area contributed by atoms with Gasteiger partial charge in [-0.05, 0) is 67.4 Å². The van der Waals surface area contributed by atoms with Gasteiger partial charge in [0.2, 0.25) is 0 Å². The van der Waals surface area contributed by atoms with Gasteiger partial charge in [-0.1, -0.05) is 41.7 Å². The number of hydrogen-bond donors (Lipinski definition) is 1. The van der Waals surface area contributed by atoms with Crippen LogP contribution in [0.5, 0.6) is 11.5 Å². The molecule has 1 N–H and O–H groups in total. The van der Waals surface area contributed by atoms with Gasteiger partial charge in [-0.2, -0.15) is 0 Å². The molecular weight excluding hydrogens is 573 g/mol. The quantitative estimate of drug-likeness (QED) is 0.196. The third-order valence-corrected chi connectivity index (χ3v) is 9.37. The molecule has 1 unspecified atom stereocenters. The van der Waals surface area contributed by atoms with Crippen molar-refractivity contribution >= 4 is 46.5 Å². The zero-order chi connectivity index (χ0) is 29.2. The third kappa shape index (κ3) is 6.43. The zero-order valence-corrected chi connectivity index (χ0v) is 24.8. The number of aliphatic hydroxyl groups is 1. The number of aliphatic hydroxyl groups excluding tert-OH is 1. The van der Waals surface area contributed by atoms with Crippen LogP contribution < -0.4 is 9.47 Å². The highest BCUT2D eigenvalue weighted by Gasteiger charge is 2.31. The van der Waals surface area contributed by atoms with Gasteiger partial charge in [0, 0.05) is 38.0 Å². The highest BCUT2D eigenvalue weighted by atomic mass is 32.2. The third-order valence-electron chi connectivity index (χ3n) is 7.22. The van der Waals surface area contributed by atoms with Crippen LogP contribution in [-0.4, -0.2) is 42.5 Å². The Balaban J connectivity index is 1.47. The van der Waals surface area contributed by atoms with Gasteiger partial charge in [-0.15, -0.1) is 0 Å². The maximum absolute atomic E-state index is 15.8. The molecule has 2 aliphatic rings. The standard InChI is InChI=1S/C33H30FNO5S2/c1-38-21-5-3-7-24(15-21)41-30-18-29-27(17-28(30)34)33(42-25-8-4-6-22(16-25)39-2)26(32(35-29)19-9-10-19)12-11-23-13-20(36)14-31(37)40-23/h3-8,11-12,15-20,23,36H,9-10,13-14H2,1-2H3/b12-11+/t20?,23-/m0/s1. The van der Waals surface area contributed by atoms with E-state index in [4.69, 9.17) is 19.2 Å². The summed E-state index contributed by atoms with van der Waals surface area (Å²) in [5.74, 6) is 0.960. The number of halogens is 1. The molecule has 3 aromatic carbocycles. The minimum absolute atomic E-state index is 0.00151. The van der Waals surface area contributed by atoms with E-state index in [0.29, 0.717) is 28.0 Å². The lowest BCUT2D eigenvalue weighted by Gasteiger charge is -2.23. The maximum atomic E-state index is 15.8. The summed E-state index contributed by atoms with van der Waals surface area (Å²) in [6.45, 7) is 0. The molecule has 216 valence electrons. The summed E-state index contributed by atoms with van der Waals surface area (Å²) in [6.07, 6.45) is 4.83. The van der Waals surface area contributed by atoms with Gasteiger partial charge in [0.25, 0.3) is 0 Å². The van der Waals surface area contributed by atoms with Crippen LogP contribution in [0.3, 0.4) is 0 Å². The Kier molecular flexibility index (Phi) is 8.42. The molecular formula is C33H30FNO5S2. The fourth-order valence-electron chi connectivity index (χ4n) is 4.99. The molecule has 0 bridgehead atoms. The van der Waals surface area contributed by atoms with E-state index >= 15 is 4.39 Å². The van der Waals surface area contributed by atoms with E-state index < -0.39 is 18.2 Å². The summed E-state index contributed by atoms with van der Waals surface area (Å²) >= 11 is 2.86. The smallest absolute Gasteiger partial charge is 0.309 e. The van der Waals surface area contributed by atoms with Crippen molar-refractivity contribution in [3.8, 4) is 11.5 Å². The van der Waals surface area contributed by atoms with Gasteiger partial charge < -0.3 is 19.3 Å². The number of carbonyl (C=O) groups is 1. The monoisotopic (exact) mass is 603 g/mol.